The molecule has 22 heavy (non-hydrogen) atoms. The maximum atomic E-state index is 11.8. The van der Waals surface area contributed by atoms with Gasteiger partial charge in [-0.25, -0.2) is 4.31 Å². The lowest BCUT2D eigenvalue weighted by Gasteiger charge is -2.40. The zero-order valence-corrected chi connectivity index (χ0v) is 14.7. The lowest BCUT2D eigenvalue weighted by molar-refractivity contribution is -0.114. The predicted molar refractivity (Wildman–Crippen MR) is 95.0 cm³/mol. The van der Waals surface area contributed by atoms with E-state index >= 15 is 0 Å². The van der Waals surface area contributed by atoms with Crippen LogP contribution in [0.3, 0.4) is 0 Å². The van der Waals surface area contributed by atoms with E-state index in [0.717, 1.165) is 44.0 Å². The molecule has 124 valence electrons. The summed E-state index contributed by atoms with van der Waals surface area (Å²) in [6.45, 7) is 7.89. The van der Waals surface area contributed by atoms with Crippen LogP contribution in [0.5, 0.6) is 0 Å². The van der Waals surface area contributed by atoms with Crippen molar-refractivity contribution in [1.29, 1.82) is 0 Å². The molecule has 0 aromatic heterocycles. The number of carbonyl (C=O) groups is 1. The van der Waals surface area contributed by atoms with Gasteiger partial charge < -0.3 is 10.1 Å². The largest absolute Gasteiger partial charge is 0.361 e. The second-order valence-electron chi connectivity index (χ2n) is 6.67. The first kappa shape index (κ1) is 17.5. The Balaban J connectivity index is 1.96. The minimum Gasteiger partial charge on any atom is -0.361 e. The van der Waals surface area contributed by atoms with Crippen molar-refractivity contribution in [3.63, 3.8) is 0 Å². The maximum absolute atomic E-state index is 11.8. The Bertz CT molecular complexity index is 408. The SMILES string of the molecule is C=CSN1CCC(C=O)(NC(=NC)C2CCC(C)CC2)CC1. The molecule has 0 radical (unpaired) electrons. The molecule has 0 unspecified atom stereocenters. The highest BCUT2D eigenvalue weighted by molar-refractivity contribution is 7.99. The minimum atomic E-state index is -0.434. The standard InChI is InChI=1S/C17H29N3OS/c1-4-22-20-11-9-17(13-21,10-12-20)19-16(18-3)15-7-5-14(2)6-8-15/h4,13-15H,1,5-12H2,2-3H3,(H,18,19). The smallest absolute Gasteiger partial charge is 0.145 e. The summed E-state index contributed by atoms with van der Waals surface area (Å²) < 4.78 is 2.27. The van der Waals surface area contributed by atoms with E-state index in [0.29, 0.717) is 5.92 Å². The van der Waals surface area contributed by atoms with Gasteiger partial charge in [0.25, 0.3) is 0 Å². The lowest BCUT2D eigenvalue weighted by atomic mass is 9.81. The van der Waals surface area contributed by atoms with Gasteiger partial charge in [0.1, 0.15) is 6.29 Å². The second kappa shape index (κ2) is 8.16. The van der Waals surface area contributed by atoms with E-state index in [9.17, 15) is 4.79 Å². The average Bonchev–Trinajstić information content (AvgIpc) is 2.56. The van der Waals surface area contributed by atoms with Gasteiger partial charge in [-0.15, -0.1) is 0 Å². The van der Waals surface area contributed by atoms with E-state index in [1.165, 1.54) is 25.7 Å². The van der Waals surface area contributed by atoms with Crippen molar-refractivity contribution in [2.45, 2.75) is 51.0 Å². The van der Waals surface area contributed by atoms with Gasteiger partial charge >= 0.3 is 0 Å². The predicted octanol–water partition coefficient (Wildman–Crippen LogP) is 3.26. The molecule has 1 heterocycles. The molecule has 0 aromatic carbocycles. The number of aldehydes is 1. The van der Waals surface area contributed by atoms with Crippen LogP contribution in [0.25, 0.3) is 0 Å². The maximum Gasteiger partial charge on any atom is 0.145 e. The number of rotatable bonds is 5. The van der Waals surface area contributed by atoms with E-state index in [2.05, 4.69) is 28.1 Å². The average molecular weight is 324 g/mol. The van der Waals surface area contributed by atoms with Gasteiger partial charge in [0.15, 0.2) is 0 Å². The number of nitrogens with one attached hydrogen (secondary N) is 1. The Morgan fingerprint density at radius 3 is 2.45 bits per heavy atom. The van der Waals surface area contributed by atoms with Crippen molar-refractivity contribution in [2.24, 2.45) is 16.8 Å². The molecule has 2 fully saturated rings. The summed E-state index contributed by atoms with van der Waals surface area (Å²) in [6.07, 6.45) is 7.69. The van der Waals surface area contributed by atoms with Crippen molar-refractivity contribution < 1.29 is 4.79 Å². The van der Waals surface area contributed by atoms with Gasteiger partial charge in [0.2, 0.25) is 0 Å². The highest BCUT2D eigenvalue weighted by Crippen LogP contribution is 2.31. The molecule has 5 heteroatoms. The fraction of sp³-hybridized carbons (Fsp3) is 0.765. The molecule has 0 spiro atoms. The van der Waals surface area contributed by atoms with Crippen LogP contribution in [0.2, 0.25) is 0 Å². The number of hydrogen-bond donors (Lipinski definition) is 1. The molecule has 4 nitrogen and oxygen atoms in total. The normalized spacial score (nSPS) is 29.8. The van der Waals surface area contributed by atoms with Gasteiger partial charge in [0.05, 0.1) is 11.4 Å². The van der Waals surface area contributed by atoms with Crippen molar-refractivity contribution >= 4 is 24.1 Å². The van der Waals surface area contributed by atoms with Crippen molar-refractivity contribution in [3.8, 4) is 0 Å². The van der Waals surface area contributed by atoms with Crippen LogP contribution >= 0.6 is 11.9 Å². The highest BCUT2D eigenvalue weighted by Gasteiger charge is 2.36. The molecule has 1 aliphatic heterocycles. The Morgan fingerprint density at radius 2 is 1.95 bits per heavy atom. The van der Waals surface area contributed by atoms with E-state index < -0.39 is 5.54 Å². The summed E-state index contributed by atoms with van der Waals surface area (Å²) in [5, 5.41) is 5.39. The van der Waals surface area contributed by atoms with Crippen molar-refractivity contribution in [1.82, 2.24) is 9.62 Å². The number of amidine groups is 1. The Hall–Kier alpha value is -0.810. The van der Waals surface area contributed by atoms with Crippen LogP contribution in [-0.4, -0.2) is 42.1 Å². The molecule has 0 amide bonds. The summed E-state index contributed by atoms with van der Waals surface area (Å²) in [7, 11) is 1.85. The lowest BCUT2D eigenvalue weighted by Crippen LogP contribution is -2.56. The topological polar surface area (TPSA) is 44.7 Å². The first-order valence-electron chi connectivity index (χ1n) is 8.36. The summed E-state index contributed by atoms with van der Waals surface area (Å²) in [5.41, 5.74) is -0.434. The number of carbonyl (C=O) groups excluding carboxylic acids is 1. The van der Waals surface area contributed by atoms with Crippen LogP contribution in [0, 0.1) is 11.8 Å². The molecular weight excluding hydrogens is 294 g/mol. The zero-order valence-electron chi connectivity index (χ0n) is 13.9. The van der Waals surface area contributed by atoms with Crippen molar-refractivity contribution in [3.05, 3.63) is 12.0 Å². The quantitative estimate of drug-likeness (QED) is 0.365. The summed E-state index contributed by atoms with van der Waals surface area (Å²) in [6, 6.07) is 0. The van der Waals surface area contributed by atoms with Gasteiger partial charge in [-0.05, 0) is 37.0 Å². The minimum absolute atomic E-state index is 0.434. The van der Waals surface area contributed by atoms with Gasteiger partial charge in [-0.2, -0.15) is 0 Å². The number of piperidine rings is 1. The number of nitrogens with zero attached hydrogens (tertiary/aromatic N) is 2. The first-order chi connectivity index (χ1) is 10.6. The molecule has 1 saturated heterocycles. The summed E-state index contributed by atoms with van der Waals surface area (Å²) in [4.78, 5) is 16.3. The molecule has 0 atom stereocenters. The third-order valence-electron chi connectivity index (χ3n) is 5.08. The van der Waals surface area contributed by atoms with Crippen LogP contribution in [0.15, 0.2) is 17.0 Å². The zero-order chi connectivity index (χ0) is 16.0. The fourth-order valence-electron chi connectivity index (χ4n) is 3.50. The van der Waals surface area contributed by atoms with Crippen molar-refractivity contribution in [2.75, 3.05) is 20.1 Å². The third kappa shape index (κ3) is 4.35. The monoisotopic (exact) mass is 323 g/mol. The van der Waals surface area contributed by atoms with Crippen LogP contribution < -0.4 is 5.32 Å². The molecule has 0 bridgehead atoms. The van der Waals surface area contributed by atoms with E-state index in [-0.39, 0.29) is 0 Å². The summed E-state index contributed by atoms with van der Waals surface area (Å²) >= 11 is 1.64. The molecule has 1 aliphatic carbocycles. The van der Waals surface area contributed by atoms with Crippen LogP contribution in [0.4, 0.5) is 0 Å². The Morgan fingerprint density at radius 1 is 1.32 bits per heavy atom. The Labute approximate surface area is 139 Å². The van der Waals surface area contributed by atoms with E-state index in [1.54, 1.807) is 11.9 Å². The molecule has 2 rings (SSSR count). The number of hydrogen-bond acceptors (Lipinski definition) is 4. The summed E-state index contributed by atoms with van der Waals surface area (Å²) in [5.74, 6) is 2.37. The van der Waals surface area contributed by atoms with E-state index in [1.807, 2.05) is 12.5 Å². The van der Waals surface area contributed by atoms with E-state index in [4.69, 9.17) is 0 Å². The van der Waals surface area contributed by atoms with Gasteiger partial charge in [-0.1, -0.05) is 38.3 Å². The first-order valence-corrected chi connectivity index (χ1v) is 9.20. The third-order valence-corrected chi connectivity index (χ3v) is 5.90. The molecule has 2 aliphatic rings. The van der Waals surface area contributed by atoms with Gasteiger partial charge in [-0.3, -0.25) is 4.99 Å². The van der Waals surface area contributed by atoms with Gasteiger partial charge in [0, 0.05) is 26.1 Å². The molecular formula is C17H29N3OS. The Kier molecular flexibility index (Phi) is 6.50. The number of aliphatic imine (C=N–C) groups is 1. The fourth-order valence-corrected chi connectivity index (χ4v) is 4.10. The van der Waals surface area contributed by atoms with Crippen LogP contribution in [-0.2, 0) is 4.79 Å². The highest BCUT2D eigenvalue weighted by atomic mass is 32.2. The molecule has 0 aromatic rings. The molecule has 1 N–H and O–H groups in total. The van der Waals surface area contributed by atoms with Crippen LogP contribution in [0.1, 0.15) is 45.4 Å². The second-order valence-corrected chi connectivity index (χ2v) is 7.73. The molecule has 1 saturated carbocycles.